The van der Waals surface area contributed by atoms with Gasteiger partial charge in [0.05, 0.1) is 0 Å². The fraction of sp³-hybridized carbons (Fsp3) is 0.867. The van der Waals surface area contributed by atoms with Gasteiger partial charge in [-0.15, -0.1) is 0 Å². The van der Waals surface area contributed by atoms with Crippen LogP contribution in [0.1, 0.15) is 82.3 Å². The van der Waals surface area contributed by atoms with Crippen molar-refractivity contribution in [2.75, 3.05) is 0 Å². The molecule has 4 heteroatoms. The summed E-state index contributed by atoms with van der Waals surface area (Å²) in [6, 6.07) is 0.316. The van der Waals surface area contributed by atoms with Crippen LogP contribution in [-0.2, 0) is 0 Å². The molecule has 1 heterocycles. The van der Waals surface area contributed by atoms with E-state index >= 15 is 0 Å². The van der Waals surface area contributed by atoms with E-state index in [2.05, 4.69) is 24.0 Å². The maximum absolute atomic E-state index is 5.95. The first-order valence-electron chi connectivity index (χ1n) is 7.62. The number of rotatable bonds is 2. The van der Waals surface area contributed by atoms with E-state index in [1.807, 2.05) is 0 Å². The standard InChI is InChI=1S/C15H25N3O/c1-15(2)7-5-10(6-8-15)13-17-14(19-18-13)11-3-4-12(16)9-11/h10-12H,3-9,16H2,1-2H3. The smallest absolute Gasteiger partial charge is 0.229 e. The molecule has 2 N–H and O–H groups in total. The van der Waals surface area contributed by atoms with Gasteiger partial charge in [0.1, 0.15) is 0 Å². The van der Waals surface area contributed by atoms with Crippen LogP contribution in [0, 0.1) is 5.41 Å². The number of hydrogen-bond donors (Lipinski definition) is 1. The van der Waals surface area contributed by atoms with Crippen molar-refractivity contribution in [1.29, 1.82) is 0 Å². The predicted molar refractivity (Wildman–Crippen MR) is 73.9 cm³/mol. The summed E-state index contributed by atoms with van der Waals surface area (Å²) in [6.07, 6.45) is 8.08. The van der Waals surface area contributed by atoms with Crippen molar-refractivity contribution >= 4 is 0 Å². The summed E-state index contributed by atoms with van der Waals surface area (Å²) < 4.78 is 5.49. The van der Waals surface area contributed by atoms with Crippen molar-refractivity contribution < 1.29 is 4.52 Å². The fourth-order valence-electron chi connectivity index (χ4n) is 3.48. The van der Waals surface area contributed by atoms with E-state index in [1.54, 1.807) is 0 Å². The zero-order chi connectivity index (χ0) is 13.5. The minimum atomic E-state index is 0.316. The van der Waals surface area contributed by atoms with E-state index in [1.165, 1.54) is 25.7 Å². The lowest BCUT2D eigenvalue weighted by Gasteiger charge is -2.32. The minimum absolute atomic E-state index is 0.316. The SMILES string of the molecule is CC1(C)CCC(c2noc(C3CCC(N)C3)n2)CC1. The number of nitrogens with zero attached hydrogens (tertiary/aromatic N) is 2. The van der Waals surface area contributed by atoms with Gasteiger partial charge < -0.3 is 10.3 Å². The summed E-state index contributed by atoms with van der Waals surface area (Å²) in [5, 5.41) is 4.23. The molecule has 0 bridgehead atoms. The first-order valence-corrected chi connectivity index (χ1v) is 7.62. The first-order chi connectivity index (χ1) is 9.03. The third kappa shape index (κ3) is 2.83. The van der Waals surface area contributed by atoms with Gasteiger partial charge >= 0.3 is 0 Å². The largest absolute Gasteiger partial charge is 0.339 e. The van der Waals surface area contributed by atoms with Crippen LogP contribution < -0.4 is 5.73 Å². The molecule has 4 nitrogen and oxygen atoms in total. The average molecular weight is 263 g/mol. The summed E-state index contributed by atoms with van der Waals surface area (Å²) in [5.41, 5.74) is 6.44. The predicted octanol–water partition coefficient (Wildman–Crippen LogP) is 3.35. The molecule has 0 aliphatic heterocycles. The zero-order valence-corrected chi connectivity index (χ0v) is 12.1. The van der Waals surface area contributed by atoms with Gasteiger partial charge in [-0.3, -0.25) is 0 Å². The van der Waals surface area contributed by atoms with Gasteiger partial charge in [0.15, 0.2) is 5.82 Å². The van der Waals surface area contributed by atoms with Gasteiger partial charge in [-0.25, -0.2) is 0 Å². The van der Waals surface area contributed by atoms with Crippen molar-refractivity contribution in [2.45, 2.75) is 76.7 Å². The second-order valence-corrected chi connectivity index (χ2v) is 7.20. The van der Waals surface area contributed by atoms with Crippen LogP contribution in [0.5, 0.6) is 0 Å². The van der Waals surface area contributed by atoms with Crippen LogP contribution in [0.25, 0.3) is 0 Å². The van der Waals surface area contributed by atoms with Crippen molar-refractivity contribution in [3.8, 4) is 0 Å². The van der Waals surface area contributed by atoms with Crippen LogP contribution in [0.15, 0.2) is 4.52 Å². The molecule has 2 aliphatic rings. The topological polar surface area (TPSA) is 64.9 Å². The van der Waals surface area contributed by atoms with Gasteiger partial charge in [-0.1, -0.05) is 19.0 Å². The van der Waals surface area contributed by atoms with Crippen LogP contribution in [0.3, 0.4) is 0 Å². The molecule has 0 radical (unpaired) electrons. The second kappa shape index (κ2) is 4.89. The molecule has 3 rings (SSSR count). The number of aromatic nitrogens is 2. The van der Waals surface area contributed by atoms with Crippen molar-refractivity contribution in [2.24, 2.45) is 11.1 Å². The summed E-state index contributed by atoms with van der Waals surface area (Å²) in [4.78, 5) is 4.66. The van der Waals surface area contributed by atoms with E-state index in [0.29, 0.717) is 23.3 Å². The summed E-state index contributed by atoms with van der Waals surface area (Å²) in [7, 11) is 0. The summed E-state index contributed by atoms with van der Waals surface area (Å²) in [5.74, 6) is 2.66. The van der Waals surface area contributed by atoms with Crippen LogP contribution >= 0.6 is 0 Å². The highest BCUT2D eigenvalue weighted by molar-refractivity contribution is 5.03. The molecule has 0 saturated heterocycles. The first kappa shape index (κ1) is 13.1. The van der Waals surface area contributed by atoms with Crippen molar-refractivity contribution in [3.63, 3.8) is 0 Å². The Hall–Kier alpha value is -0.900. The summed E-state index contributed by atoms with van der Waals surface area (Å²) in [6.45, 7) is 4.70. The van der Waals surface area contributed by atoms with Crippen LogP contribution in [0.4, 0.5) is 0 Å². The highest BCUT2D eigenvalue weighted by atomic mass is 16.5. The fourth-order valence-corrected chi connectivity index (χ4v) is 3.48. The van der Waals surface area contributed by atoms with Crippen molar-refractivity contribution in [3.05, 3.63) is 11.7 Å². The van der Waals surface area contributed by atoms with E-state index in [4.69, 9.17) is 10.3 Å². The third-order valence-corrected chi connectivity index (χ3v) is 4.98. The minimum Gasteiger partial charge on any atom is -0.339 e. The normalized spacial score (nSPS) is 31.7. The Balaban J connectivity index is 1.65. The maximum atomic E-state index is 5.95. The van der Waals surface area contributed by atoms with Crippen LogP contribution in [0.2, 0.25) is 0 Å². The van der Waals surface area contributed by atoms with E-state index in [9.17, 15) is 0 Å². The highest BCUT2D eigenvalue weighted by Gasteiger charge is 2.32. The van der Waals surface area contributed by atoms with E-state index < -0.39 is 0 Å². The maximum Gasteiger partial charge on any atom is 0.229 e. The lowest BCUT2D eigenvalue weighted by atomic mass is 9.73. The van der Waals surface area contributed by atoms with Gasteiger partial charge in [0, 0.05) is 17.9 Å². The zero-order valence-electron chi connectivity index (χ0n) is 12.1. The molecule has 1 aromatic heterocycles. The molecule has 2 fully saturated rings. The molecule has 1 aromatic rings. The Morgan fingerprint density at radius 3 is 2.47 bits per heavy atom. The highest BCUT2D eigenvalue weighted by Crippen LogP contribution is 2.42. The number of hydrogen-bond acceptors (Lipinski definition) is 4. The Labute approximate surface area is 115 Å². The Kier molecular flexibility index (Phi) is 3.37. The van der Waals surface area contributed by atoms with Gasteiger partial charge in [-0.2, -0.15) is 4.98 Å². The monoisotopic (exact) mass is 263 g/mol. The number of nitrogens with two attached hydrogens (primary N) is 1. The summed E-state index contributed by atoms with van der Waals surface area (Å²) >= 11 is 0. The Morgan fingerprint density at radius 1 is 1.11 bits per heavy atom. The lowest BCUT2D eigenvalue weighted by molar-refractivity contribution is 0.218. The third-order valence-electron chi connectivity index (χ3n) is 4.98. The molecule has 2 unspecified atom stereocenters. The van der Waals surface area contributed by atoms with Crippen molar-refractivity contribution in [1.82, 2.24) is 10.1 Å². The second-order valence-electron chi connectivity index (χ2n) is 7.20. The molecule has 106 valence electrons. The lowest BCUT2D eigenvalue weighted by Crippen LogP contribution is -2.20. The Bertz CT molecular complexity index is 430. The van der Waals surface area contributed by atoms with E-state index in [0.717, 1.165) is 31.0 Å². The molecular formula is C15H25N3O. The van der Waals surface area contributed by atoms with Crippen LogP contribution in [-0.4, -0.2) is 16.2 Å². The molecule has 0 aromatic carbocycles. The molecule has 0 amide bonds. The van der Waals surface area contributed by atoms with E-state index in [-0.39, 0.29) is 0 Å². The molecule has 19 heavy (non-hydrogen) atoms. The van der Waals surface area contributed by atoms with Gasteiger partial charge in [0.25, 0.3) is 0 Å². The Morgan fingerprint density at radius 2 is 1.84 bits per heavy atom. The molecular weight excluding hydrogens is 238 g/mol. The van der Waals surface area contributed by atoms with Gasteiger partial charge in [-0.05, 0) is 50.4 Å². The molecule has 2 atom stereocenters. The molecule has 2 aliphatic carbocycles. The molecule has 0 spiro atoms. The average Bonchev–Trinajstić information content (AvgIpc) is 2.97. The quantitative estimate of drug-likeness (QED) is 0.888. The molecule has 2 saturated carbocycles. The van der Waals surface area contributed by atoms with Gasteiger partial charge in [0.2, 0.25) is 5.89 Å².